The van der Waals surface area contributed by atoms with Crippen molar-refractivity contribution in [1.29, 1.82) is 0 Å². The van der Waals surface area contributed by atoms with Gasteiger partial charge >= 0.3 is 0 Å². The molecule has 1 aliphatic carbocycles. The summed E-state index contributed by atoms with van der Waals surface area (Å²) in [4.78, 5) is 0. The van der Waals surface area contributed by atoms with E-state index in [1.165, 1.54) is 73.6 Å². The zero-order valence-electron chi connectivity index (χ0n) is 20.8. The predicted molar refractivity (Wildman–Crippen MR) is 155 cm³/mol. The summed E-state index contributed by atoms with van der Waals surface area (Å²) < 4.78 is 13.3. The lowest BCUT2D eigenvalue weighted by atomic mass is 9.70. The van der Waals surface area contributed by atoms with Crippen molar-refractivity contribution in [1.82, 2.24) is 0 Å². The molecule has 0 fully saturated rings. The normalized spacial score (nSPS) is 13.3. The summed E-state index contributed by atoms with van der Waals surface area (Å²) in [6.07, 6.45) is 18.9. The minimum atomic E-state index is 0.0670. The number of ether oxygens (including phenoxy) is 2. The Labute approximate surface area is 229 Å². The SMILES string of the molecule is C#CCOCCCCCCC1(CCCCCCOCC=C)c2cc(Br)ccc2-c2ccc(Br)cc21. The first-order valence-corrected chi connectivity index (χ1v) is 14.5. The number of hydrogen-bond donors (Lipinski definition) is 0. The monoisotopic (exact) mass is 600 g/mol. The highest BCUT2D eigenvalue weighted by Gasteiger charge is 2.42. The molecule has 4 heteroatoms. The van der Waals surface area contributed by atoms with E-state index in [0.717, 1.165) is 35.0 Å². The molecule has 0 radical (unpaired) electrons. The standard InChI is InChI=1S/C31H38Br2O2/c1-3-19-34-21-11-7-5-9-17-31(18-10-6-8-12-22-35-20-4-2)29-23-25(32)13-15-27(29)28-16-14-26(33)24-30(28)31/h1,4,13-16,23-24H,2,5-12,17-22H2. The highest BCUT2D eigenvalue weighted by molar-refractivity contribution is 9.10. The Balaban J connectivity index is 1.71. The van der Waals surface area contributed by atoms with E-state index in [4.69, 9.17) is 15.9 Å². The van der Waals surface area contributed by atoms with Crippen molar-refractivity contribution in [2.24, 2.45) is 0 Å². The zero-order chi connectivity index (χ0) is 24.9. The van der Waals surface area contributed by atoms with Crippen LogP contribution in [-0.4, -0.2) is 26.4 Å². The maximum absolute atomic E-state index is 5.56. The summed E-state index contributed by atoms with van der Waals surface area (Å²) in [5.41, 5.74) is 5.85. The molecule has 2 nitrogen and oxygen atoms in total. The molecule has 0 N–H and O–H groups in total. The predicted octanol–water partition coefficient (Wildman–Crippen LogP) is 9.23. The summed E-state index contributed by atoms with van der Waals surface area (Å²) in [5.74, 6) is 2.54. The summed E-state index contributed by atoms with van der Waals surface area (Å²) in [7, 11) is 0. The Morgan fingerprint density at radius 3 is 1.80 bits per heavy atom. The van der Waals surface area contributed by atoms with Crippen LogP contribution < -0.4 is 0 Å². The van der Waals surface area contributed by atoms with E-state index in [1.807, 2.05) is 6.08 Å². The van der Waals surface area contributed by atoms with Crippen molar-refractivity contribution < 1.29 is 9.47 Å². The van der Waals surface area contributed by atoms with E-state index < -0.39 is 0 Å². The number of rotatable bonds is 17. The molecule has 0 saturated carbocycles. The van der Waals surface area contributed by atoms with E-state index in [2.05, 4.69) is 80.8 Å². The van der Waals surface area contributed by atoms with Gasteiger partial charge in [-0.15, -0.1) is 13.0 Å². The second kappa shape index (κ2) is 15.0. The molecule has 0 heterocycles. The third kappa shape index (κ3) is 7.80. The van der Waals surface area contributed by atoms with Gasteiger partial charge in [-0.3, -0.25) is 0 Å². The van der Waals surface area contributed by atoms with Gasteiger partial charge in [-0.1, -0.05) is 94.5 Å². The molecule has 35 heavy (non-hydrogen) atoms. The zero-order valence-corrected chi connectivity index (χ0v) is 24.0. The van der Waals surface area contributed by atoms with Gasteiger partial charge in [-0.2, -0.15) is 0 Å². The first-order chi connectivity index (χ1) is 17.1. The molecule has 2 aromatic rings. The van der Waals surface area contributed by atoms with Gasteiger partial charge in [-0.05, 0) is 72.2 Å². The lowest BCUT2D eigenvalue weighted by Gasteiger charge is -2.33. The van der Waals surface area contributed by atoms with Crippen molar-refractivity contribution >= 4 is 31.9 Å². The fourth-order valence-corrected chi connectivity index (χ4v) is 6.09. The molecule has 0 atom stereocenters. The van der Waals surface area contributed by atoms with E-state index in [9.17, 15) is 0 Å². The molecule has 0 amide bonds. The number of unbranched alkanes of at least 4 members (excludes halogenated alkanes) is 6. The maximum Gasteiger partial charge on any atom is 0.107 e. The molecular formula is C31H38Br2O2. The lowest BCUT2D eigenvalue weighted by molar-refractivity contribution is 0.157. The minimum Gasteiger partial charge on any atom is -0.377 e. The van der Waals surface area contributed by atoms with Crippen LogP contribution in [0.5, 0.6) is 0 Å². The highest BCUT2D eigenvalue weighted by Crippen LogP contribution is 2.55. The van der Waals surface area contributed by atoms with E-state index in [1.54, 1.807) is 0 Å². The van der Waals surface area contributed by atoms with Gasteiger partial charge in [0.05, 0.1) is 6.61 Å². The average molecular weight is 602 g/mol. The van der Waals surface area contributed by atoms with Crippen LogP contribution in [0.2, 0.25) is 0 Å². The maximum atomic E-state index is 5.56. The molecule has 0 bridgehead atoms. The molecule has 0 aliphatic heterocycles. The van der Waals surface area contributed by atoms with Gasteiger partial charge in [0.25, 0.3) is 0 Å². The number of halogens is 2. The van der Waals surface area contributed by atoms with Gasteiger partial charge in [0.2, 0.25) is 0 Å². The summed E-state index contributed by atoms with van der Waals surface area (Å²) in [5, 5.41) is 0. The van der Waals surface area contributed by atoms with Crippen LogP contribution in [0.25, 0.3) is 11.1 Å². The minimum absolute atomic E-state index is 0.0670. The van der Waals surface area contributed by atoms with E-state index >= 15 is 0 Å². The third-order valence-electron chi connectivity index (χ3n) is 6.99. The Kier molecular flexibility index (Phi) is 12.1. The fourth-order valence-electron chi connectivity index (χ4n) is 5.37. The van der Waals surface area contributed by atoms with Gasteiger partial charge in [0.1, 0.15) is 6.61 Å². The molecule has 188 valence electrons. The number of fused-ring (bicyclic) bond motifs is 3. The molecule has 0 spiro atoms. The van der Waals surface area contributed by atoms with Crippen LogP contribution in [0.3, 0.4) is 0 Å². The third-order valence-corrected chi connectivity index (χ3v) is 7.98. The number of terminal acetylenes is 1. The Bertz CT molecular complexity index is 940. The second-order valence-electron chi connectivity index (χ2n) is 9.41. The van der Waals surface area contributed by atoms with Crippen LogP contribution in [-0.2, 0) is 14.9 Å². The quantitative estimate of drug-likeness (QED) is 0.102. The van der Waals surface area contributed by atoms with Crippen LogP contribution in [0.15, 0.2) is 58.0 Å². The van der Waals surface area contributed by atoms with Crippen LogP contribution >= 0.6 is 31.9 Å². The van der Waals surface area contributed by atoms with Gasteiger partial charge in [0.15, 0.2) is 0 Å². The van der Waals surface area contributed by atoms with Crippen LogP contribution in [0.4, 0.5) is 0 Å². The number of hydrogen-bond acceptors (Lipinski definition) is 2. The van der Waals surface area contributed by atoms with Crippen molar-refractivity contribution in [2.75, 3.05) is 26.4 Å². The summed E-state index contributed by atoms with van der Waals surface area (Å²) in [6.45, 7) is 6.37. The highest BCUT2D eigenvalue weighted by atomic mass is 79.9. The van der Waals surface area contributed by atoms with Gasteiger partial charge < -0.3 is 9.47 Å². The topological polar surface area (TPSA) is 18.5 Å². The number of benzene rings is 2. The van der Waals surface area contributed by atoms with Gasteiger partial charge in [-0.25, -0.2) is 0 Å². The van der Waals surface area contributed by atoms with E-state index in [-0.39, 0.29) is 5.41 Å². The van der Waals surface area contributed by atoms with Crippen molar-refractivity contribution in [3.8, 4) is 23.5 Å². The Morgan fingerprint density at radius 2 is 1.29 bits per heavy atom. The molecule has 0 unspecified atom stereocenters. The fraction of sp³-hybridized carbons (Fsp3) is 0.484. The molecule has 3 rings (SSSR count). The first kappa shape index (κ1) is 28.2. The van der Waals surface area contributed by atoms with Crippen molar-refractivity contribution in [3.63, 3.8) is 0 Å². The van der Waals surface area contributed by atoms with E-state index in [0.29, 0.717) is 13.2 Å². The van der Waals surface area contributed by atoms with Gasteiger partial charge in [0, 0.05) is 27.6 Å². The smallest absolute Gasteiger partial charge is 0.107 e. The Morgan fingerprint density at radius 1 is 0.771 bits per heavy atom. The molecule has 1 aliphatic rings. The molecule has 0 aromatic heterocycles. The Hall–Kier alpha value is -1.38. The van der Waals surface area contributed by atoms with Crippen LogP contribution in [0, 0.1) is 12.3 Å². The molecule has 2 aromatic carbocycles. The van der Waals surface area contributed by atoms with Crippen molar-refractivity contribution in [3.05, 3.63) is 69.1 Å². The average Bonchev–Trinajstić information content (AvgIpc) is 3.11. The lowest BCUT2D eigenvalue weighted by Crippen LogP contribution is -2.25. The molecule has 0 saturated heterocycles. The molecular weight excluding hydrogens is 564 g/mol. The van der Waals surface area contributed by atoms with Crippen LogP contribution in [0.1, 0.15) is 75.3 Å². The summed E-state index contributed by atoms with van der Waals surface area (Å²) >= 11 is 7.53. The van der Waals surface area contributed by atoms with Crippen molar-refractivity contribution in [2.45, 2.75) is 69.6 Å². The largest absolute Gasteiger partial charge is 0.377 e. The first-order valence-electron chi connectivity index (χ1n) is 12.9. The second-order valence-corrected chi connectivity index (χ2v) is 11.2. The summed E-state index contributed by atoms with van der Waals surface area (Å²) in [6, 6.07) is 13.7.